The highest BCUT2D eigenvalue weighted by atomic mass is 35.5. The molecule has 0 spiro atoms. The lowest BCUT2D eigenvalue weighted by Crippen LogP contribution is -2.32. The summed E-state index contributed by atoms with van der Waals surface area (Å²) in [5.41, 5.74) is 2.77. The Bertz CT molecular complexity index is 670. The number of rotatable bonds is 5. The molecule has 0 saturated heterocycles. The van der Waals surface area contributed by atoms with Crippen molar-refractivity contribution in [3.8, 4) is 5.75 Å². The van der Waals surface area contributed by atoms with Crippen molar-refractivity contribution in [2.75, 3.05) is 5.32 Å². The predicted molar refractivity (Wildman–Crippen MR) is 90.7 cm³/mol. The molecule has 0 unspecified atom stereocenters. The van der Waals surface area contributed by atoms with Crippen molar-refractivity contribution in [2.24, 2.45) is 0 Å². The quantitative estimate of drug-likeness (QED) is 0.864. The van der Waals surface area contributed by atoms with E-state index in [1.165, 1.54) is 0 Å². The van der Waals surface area contributed by atoms with Crippen molar-refractivity contribution in [3.05, 3.63) is 58.6 Å². The molecule has 2 aromatic rings. The van der Waals surface area contributed by atoms with Gasteiger partial charge in [-0.2, -0.15) is 0 Å². The van der Waals surface area contributed by atoms with Gasteiger partial charge >= 0.3 is 0 Å². The van der Waals surface area contributed by atoms with Crippen LogP contribution >= 0.6 is 11.6 Å². The molecule has 1 atom stereocenters. The van der Waals surface area contributed by atoms with E-state index in [-0.39, 0.29) is 5.91 Å². The molecular formula is C18H20ClNO2. The van der Waals surface area contributed by atoms with Crippen LogP contribution < -0.4 is 10.1 Å². The third kappa shape index (κ3) is 4.25. The van der Waals surface area contributed by atoms with E-state index in [2.05, 4.69) is 5.32 Å². The van der Waals surface area contributed by atoms with Gasteiger partial charge < -0.3 is 10.1 Å². The fraction of sp³-hybridized carbons (Fsp3) is 0.278. The van der Waals surface area contributed by atoms with Gasteiger partial charge in [0.25, 0.3) is 5.91 Å². The fourth-order valence-corrected chi connectivity index (χ4v) is 2.38. The molecule has 0 aromatic heterocycles. The molecule has 3 nitrogen and oxygen atoms in total. The normalized spacial score (nSPS) is 11.8. The van der Waals surface area contributed by atoms with E-state index in [0.717, 1.165) is 16.8 Å². The zero-order valence-corrected chi connectivity index (χ0v) is 13.8. The van der Waals surface area contributed by atoms with Gasteiger partial charge in [-0.15, -0.1) is 0 Å². The average Bonchev–Trinajstić information content (AvgIpc) is 2.47. The van der Waals surface area contributed by atoms with Crippen molar-refractivity contribution >= 4 is 23.2 Å². The van der Waals surface area contributed by atoms with Gasteiger partial charge in [0.15, 0.2) is 6.10 Å². The summed E-state index contributed by atoms with van der Waals surface area (Å²) >= 11 is 5.93. The fourth-order valence-electron chi connectivity index (χ4n) is 2.16. The summed E-state index contributed by atoms with van der Waals surface area (Å²) in [4.78, 5) is 12.4. The largest absolute Gasteiger partial charge is 0.481 e. The number of benzene rings is 2. The van der Waals surface area contributed by atoms with Crippen LogP contribution in [0.25, 0.3) is 0 Å². The molecule has 0 fully saturated rings. The third-order valence-electron chi connectivity index (χ3n) is 3.38. The lowest BCUT2D eigenvalue weighted by atomic mass is 10.2. The maximum Gasteiger partial charge on any atom is 0.265 e. The number of nitrogens with one attached hydrogen (secondary N) is 1. The first kappa shape index (κ1) is 16.4. The van der Waals surface area contributed by atoms with Gasteiger partial charge in [0.2, 0.25) is 0 Å². The summed E-state index contributed by atoms with van der Waals surface area (Å²) in [6, 6.07) is 13.1. The first-order chi connectivity index (χ1) is 10.5. The molecule has 0 aliphatic rings. The number of ether oxygens (including phenoxy) is 1. The first-order valence-electron chi connectivity index (χ1n) is 7.30. The minimum Gasteiger partial charge on any atom is -0.481 e. The standard InChI is InChI=1S/C18H20ClNO2/c1-4-17(22-15-7-5-6-12(2)10-15)18(21)20-16-9-8-14(19)11-13(16)3/h5-11,17H,4H2,1-3H3,(H,20,21)/t17-/m0/s1. The molecule has 116 valence electrons. The number of anilines is 1. The number of halogens is 1. The molecule has 1 amide bonds. The number of hydrogen-bond acceptors (Lipinski definition) is 2. The molecule has 4 heteroatoms. The Morgan fingerprint density at radius 1 is 1.23 bits per heavy atom. The van der Waals surface area contributed by atoms with Crippen LogP contribution in [0.3, 0.4) is 0 Å². The van der Waals surface area contributed by atoms with Crippen LogP contribution in [0.4, 0.5) is 5.69 Å². The second-order valence-corrected chi connectivity index (χ2v) is 5.72. The maximum atomic E-state index is 12.4. The predicted octanol–water partition coefficient (Wildman–Crippen LogP) is 4.75. The van der Waals surface area contributed by atoms with E-state index < -0.39 is 6.10 Å². The Balaban J connectivity index is 2.08. The highest BCUT2D eigenvalue weighted by molar-refractivity contribution is 6.30. The number of aryl methyl sites for hydroxylation is 2. The Hall–Kier alpha value is -2.00. The van der Waals surface area contributed by atoms with Crippen LogP contribution in [-0.4, -0.2) is 12.0 Å². The van der Waals surface area contributed by atoms with Gasteiger partial charge in [0.1, 0.15) is 5.75 Å². The van der Waals surface area contributed by atoms with Crippen LogP contribution in [0, 0.1) is 13.8 Å². The van der Waals surface area contributed by atoms with E-state index in [1.807, 2.05) is 51.1 Å². The highest BCUT2D eigenvalue weighted by Gasteiger charge is 2.19. The summed E-state index contributed by atoms with van der Waals surface area (Å²) in [5, 5.41) is 3.55. The second-order valence-electron chi connectivity index (χ2n) is 5.28. The molecular weight excluding hydrogens is 298 g/mol. The number of hydrogen-bond donors (Lipinski definition) is 1. The zero-order valence-electron chi connectivity index (χ0n) is 13.0. The Morgan fingerprint density at radius 3 is 2.64 bits per heavy atom. The lowest BCUT2D eigenvalue weighted by molar-refractivity contribution is -0.122. The van der Waals surface area contributed by atoms with Crippen LogP contribution in [0.15, 0.2) is 42.5 Å². The SMILES string of the molecule is CC[C@H](Oc1cccc(C)c1)C(=O)Nc1ccc(Cl)cc1C. The molecule has 0 aliphatic heterocycles. The summed E-state index contributed by atoms with van der Waals surface area (Å²) in [7, 11) is 0. The molecule has 0 radical (unpaired) electrons. The molecule has 0 aliphatic carbocycles. The lowest BCUT2D eigenvalue weighted by Gasteiger charge is -2.18. The number of amides is 1. The molecule has 22 heavy (non-hydrogen) atoms. The van der Waals surface area contributed by atoms with E-state index >= 15 is 0 Å². The van der Waals surface area contributed by atoms with Crippen molar-refractivity contribution in [1.82, 2.24) is 0 Å². The highest BCUT2D eigenvalue weighted by Crippen LogP contribution is 2.21. The summed E-state index contributed by atoms with van der Waals surface area (Å²) in [6.45, 7) is 5.82. The van der Waals surface area contributed by atoms with E-state index in [1.54, 1.807) is 12.1 Å². The van der Waals surface area contributed by atoms with Gasteiger partial charge in [0, 0.05) is 10.7 Å². The minimum absolute atomic E-state index is 0.158. The van der Waals surface area contributed by atoms with Crippen LogP contribution in [0.1, 0.15) is 24.5 Å². The van der Waals surface area contributed by atoms with Gasteiger partial charge in [-0.1, -0.05) is 30.7 Å². The second kappa shape index (κ2) is 7.32. The molecule has 0 heterocycles. The zero-order chi connectivity index (χ0) is 16.1. The van der Waals surface area contributed by atoms with Gasteiger partial charge in [-0.3, -0.25) is 4.79 Å². The monoisotopic (exact) mass is 317 g/mol. The molecule has 0 bridgehead atoms. The first-order valence-corrected chi connectivity index (χ1v) is 7.67. The maximum absolute atomic E-state index is 12.4. The Kier molecular flexibility index (Phi) is 5.45. The van der Waals surface area contributed by atoms with Crippen molar-refractivity contribution in [1.29, 1.82) is 0 Å². The van der Waals surface area contributed by atoms with Crippen molar-refractivity contribution in [2.45, 2.75) is 33.3 Å². The van der Waals surface area contributed by atoms with Gasteiger partial charge in [0.05, 0.1) is 0 Å². The van der Waals surface area contributed by atoms with Crippen LogP contribution in [-0.2, 0) is 4.79 Å². The number of carbonyl (C=O) groups is 1. The Morgan fingerprint density at radius 2 is 2.00 bits per heavy atom. The molecule has 2 aromatic carbocycles. The minimum atomic E-state index is -0.531. The van der Waals surface area contributed by atoms with Crippen molar-refractivity contribution < 1.29 is 9.53 Å². The summed E-state index contributed by atoms with van der Waals surface area (Å²) < 4.78 is 5.80. The van der Waals surface area contributed by atoms with E-state index in [4.69, 9.17) is 16.3 Å². The molecule has 2 rings (SSSR count). The van der Waals surface area contributed by atoms with E-state index in [9.17, 15) is 4.79 Å². The van der Waals surface area contributed by atoms with Crippen LogP contribution in [0.5, 0.6) is 5.75 Å². The van der Waals surface area contributed by atoms with Crippen LogP contribution in [0.2, 0.25) is 5.02 Å². The molecule has 0 saturated carbocycles. The molecule has 1 N–H and O–H groups in total. The summed E-state index contributed by atoms with van der Waals surface area (Å²) in [5.74, 6) is 0.546. The van der Waals surface area contributed by atoms with Crippen molar-refractivity contribution in [3.63, 3.8) is 0 Å². The Labute approximate surface area is 136 Å². The third-order valence-corrected chi connectivity index (χ3v) is 3.61. The number of carbonyl (C=O) groups excluding carboxylic acids is 1. The smallest absolute Gasteiger partial charge is 0.265 e. The average molecular weight is 318 g/mol. The summed E-state index contributed by atoms with van der Waals surface area (Å²) in [6.07, 6.45) is 0.0590. The van der Waals surface area contributed by atoms with Gasteiger partial charge in [-0.05, 0) is 61.7 Å². The topological polar surface area (TPSA) is 38.3 Å². The van der Waals surface area contributed by atoms with E-state index in [0.29, 0.717) is 17.2 Å². The van der Waals surface area contributed by atoms with Gasteiger partial charge in [-0.25, -0.2) is 0 Å².